The van der Waals surface area contributed by atoms with Gasteiger partial charge in [-0.2, -0.15) is 5.26 Å². The van der Waals surface area contributed by atoms with Gasteiger partial charge in [-0.15, -0.1) is 11.3 Å². The SMILES string of the molecule is Cc1ccc(C#N)c(C(=O)Cc2nc3ccsc3c(=O)n2-c2ccccc2F)c1. The normalized spacial score (nSPS) is 10.8. The van der Waals surface area contributed by atoms with Crippen LogP contribution in [0.3, 0.4) is 0 Å². The molecule has 142 valence electrons. The van der Waals surface area contributed by atoms with Gasteiger partial charge in [-0.05, 0) is 42.6 Å². The predicted molar refractivity (Wildman–Crippen MR) is 109 cm³/mol. The van der Waals surface area contributed by atoms with Crippen LogP contribution in [0.5, 0.6) is 0 Å². The van der Waals surface area contributed by atoms with Crippen LogP contribution in [0.2, 0.25) is 0 Å². The molecule has 0 bridgehead atoms. The number of aromatic nitrogens is 2. The number of halogens is 1. The average molecular weight is 403 g/mol. The molecule has 0 N–H and O–H groups in total. The molecule has 4 aromatic rings. The number of Topliss-reactive ketones (excluding diaryl/α,β-unsaturated/α-hetero) is 1. The van der Waals surface area contributed by atoms with E-state index in [9.17, 15) is 19.2 Å². The summed E-state index contributed by atoms with van der Waals surface area (Å²) in [7, 11) is 0. The molecule has 0 aliphatic carbocycles. The third-order valence-corrected chi connectivity index (χ3v) is 5.45. The molecule has 2 aromatic carbocycles. The maximum Gasteiger partial charge on any atom is 0.276 e. The molecule has 29 heavy (non-hydrogen) atoms. The van der Waals surface area contributed by atoms with E-state index in [0.29, 0.717) is 10.2 Å². The van der Waals surface area contributed by atoms with E-state index in [4.69, 9.17) is 0 Å². The van der Waals surface area contributed by atoms with E-state index in [1.165, 1.54) is 29.5 Å². The number of ketones is 1. The number of thiophene rings is 1. The van der Waals surface area contributed by atoms with Gasteiger partial charge in [-0.1, -0.05) is 23.8 Å². The van der Waals surface area contributed by atoms with Crippen molar-refractivity contribution in [3.05, 3.63) is 92.6 Å². The Hall–Kier alpha value is -3.63. The highest BCUT2D eigenvalue weighted by Crippen LogP contribution is 2.21. The van der Waals surface area contributed by atoms with Crippen molar-refractivity contribution in [2.45, 2.75) is 13.3 Å². The molecule has 2 aromatic heterocycles. The van der Waals surface area contributed by atoms with Crippen molar-refractivity contribution in [3.8, 4) is 11.8 Å². The third-order valence-electron chi connectivity index (χ3n) is 4.56. The van der Waals surface area contributed by atoms with Crippen LogP contribution >= 0.6 is 11.3 Å². The highest BCUT2D eigenvalue weighted by molar-refractivity contribution is 7.17. The van der Waals surface area contributed by atoms with Gasteiger partial charge >= 0.3 is 0 Å². The zero-order valence-corrected chi connectivity index (χ0v) is 16.2. The first-order valence-corrected chi connectivity index (χ1v) is 9.65. The van der Waals surface area contributed by atoms with Crippen LogP contribution in [-0.4, -0.2) is 15.3 Å². The van der Waals surface area contributed by atoms with Gasteiger partial charge in [0.1, 0.15) is 16.3 Å². The Morgan fingerprint density at radius 2 is 2.03 bits per heavy atom. The highest BCUT2D eigenvalue weighted by Gasteiger charge is 2.20. The summed E-state index contributed by atoms with van der Waals surface area (Å²) in [5.74, 6) is -0.826. The third kappa shape index (κ3) is 3.35. The zero-order chi connectivity index (χ0) is 20.5. The van der Waals surface area contributed by atoms with Crippen molar-refractivity contribution in [1.29, 1.82) is 5.26 Å². The summed E-state index contributed by atoms with van der Waals surface area (Å²) in [5.41, 5.74) is 1.40. The Kier molecular flexibility index (Phi) is 4.79. The molecule has 0 spiro atoms. The molecule has 5 nitrogen and oxygen atoms in total. The molecule has 0 unspecified atom stereocenters. The van der Waals surface area contributed by atoms with Crippen LogP contribution in [0.15, 0.2) is 58.7 Å². The second-order valence-electron chi connectivity index (χ2n) is 6.52. The van der Waals surface area contributed by atoms with Gasteiger partial charge in [-0.25, -0.2) is 9.37 Å². The molecular weight excluding hydrogens is 389 g/mol. The van der Waals surface area contributed by atoms with Crippen molar-refractivity contribution < 1.29 is 9.18 Å². The molecule has 0 saturated carbocycles. The summed E-state index contributed by atoms with van der Waals surface area (Å²) < 4.78 is 16.0. The minimum absolute atomic E-state index is 0.0350. The second-order valence-corrected chi connectivity index (χ2v) is 7.43. The molecule has 0 saturated heterocycles. The van der Waals surface area contributed by atoms with Gasteiger partial charge in [0.05, 0.1) is 29.3 Å². The number of benzene rings is 2. The van der Waals surface area contributed by atoms with E-state index in [1.54, 1.807) is 35.7 Å². The van der Waals surface area contributed by atoms with Crippen molar-refractivity contribution in [2.75, 3.05) is 0 Å². The number of fused-ring (bicyclic) bond motifs is 1. The Balaban J connectivity index is 1.90. The van der Waals surface area contributed by atoms with Gasteiger partial charge in [0, 0.05) is 5.56 Å². The number of nitrogens with zero attached hydrogens (tertiary/aromatic N) is 3. The van der Waals surface area contributed by atoms with Gasteiger partial charge in [-0.3, -0.25) is 14.2 Å². The minimum Gasteiger partial charge on any atom is -0.294 e. The number of nitriles is 1. The zero-order valence-electron chi connectivity index (χ0n) is 15.3. The van der Waals surface area contributed by atoms with Crippen LogP contribution in [-0.2, 0) is 6.42 Å². The van der Waals surface area contributed by atoms with Crippen molar-refractivity contribution >= 4 is 27.3 Å². The Morgan fingerprint density at radius 3 is 2.79 bits per heavy atom. The van der Waals surface area contributed by atoms with Crippen molar-refractivity contribution in [3.63, 3.8) is 0 Å². The Bertz CT molecular complexity index is 1360. The van der Waals surface area contributed by atoms with E-state index in [2.05, 4.69) is 4.98 Å². The smallest absolute Gasteiger partial charge is 0.276 e. The standard InChI is InChI=1S/C22H14FN3O2S/c1-13-6-7-14(12-24)15(10-13)19(27)11-20-25-17-8-9-29-21(17)22(28)26(20)18-5-3-2-4-16(18)23/h2-10H,11H2,1H3. The molecule has 0 radical (unpaired) electrons. The van der Waals surface area contributed by atoms with E-state index in [0.717, 1.165) is 10.1 Å². The van der Waals surface area contributed by atoms with Crippen molar-refractivity contribution in [1.82, 2.24) is 9.55 Å². The lowest BCUT2D eigenvalue weighted by Crippen LogP contribution is -2.25. The summed E-state index contributed by atoms with van der Waals surface area (Å²) in [6.07, 6.45) is -0.243. The van der Waals surface area contributed by atoms with E-state index < -0.39 is 11.4 Å². The predicted octanol–water partition coefficient (Wildman–Crippen LogP) is 4.19. The molecule has 7 heteroatoms. The maximum atomic E-state index is 14.5. The molecule has 0 amide bonds. The fourth-order valence-corrected chi connectivity index (χ4v) is 3.94. The molecule has 0 aliphatic rings. The lowest BCUT2D eigenvalue weighted by atomic mass is 9.99. The number of para-hydroxylation sites is 1. The summed E-state index contributed by atoms with van der Waals surface area (Å²) >= 11 is 1.21. The minimum atomic E-state index is -0.589. The summed E-state index contributed by atoms with van der Waals surface area (Å²) in [4.78, 5) is 30.5. The fraction of sp³-hybridized carbons (Fsp3) is 0.0909. The summed E-state index contributed by atoms with van der Waals surface area (Å²) in [5, 5.41) is 11.1. The first-order valence-electron chi connectivity index (χ1n) is 8.77. The van der Waals surface area contributed by atoms with E-state index >= 15 is 0 Å². The highest BCUT2D eigenvalue weighted by atomic mass is 32.1. The second kappa shape index (κ2) is 7.41. The van der Waals surface area contributed by atoms with Crippen molar-refractivity contribution in [2.24, 2.45) is 0 Å². The number of aryl methyl sites for hydroxylation is 1. The fourth-order valence-electron chi connectivity index (χ4n) is 3.18. The van der Waals surface area contributed by atoms with Crippen LogP contribution in [0.25, 0.3) is 15.9 Å². The van der Waals surface area contributed by atoms with Gasteiger partial charge in [0.25, 0.3) is 5.56 Å². The van der Waals surface area contributed by atoms with Gasteiger partial charge < -0.3 is 0 Å². The summed E-state index contributed by atoms with van der Waals surface area (Å²) in [6.45, 7) is 1.82. The molecule has 0 fully saturated rings. The lowest BCUT2D eigenvalue weighted by Gasteiger charge is -2.13. The van der Waals surface area contributed by atoms with E-state index in [-0.39, 0.29) is 34.8 Å². The topological polar surface area (TPSA) is 75.8 Å². The Morgan fingerprint density at radius 1 is 1.24 bits per heavy atom. The first kappa shape index (κ1) is 18.7. The number of hydrogen-bond donors (Lipinski definition) is 0. The average Bonchev–Trinajstić information content (AvgIpc) is 3.18. The van der Waals surface area contributed by atoms with Crippen LogP contribution in [0, 0.1) is 24.1 Å². The first-order chi connectivity index (χ1) is 14.0. The number of rotatable bonds is 4. The number of carbonyl (C=O) groups is 1. The monoisotopic (exact) mass is 403 g/mol. The van der Waals surface area contributed by atoms with Crippen LogP contribution < -0.4 is 5.56 Å². The molecule has 0 aliphatic heterocycles. The lowest BCUT2D eigenvalue weighted by molar-refractivity contribution is 0.0989. The molecular formula is C22H14FN3O2S. The number of hydrogen-bond acceptors (Lipinski definition) is 5. The Labute approximate surface area is 169 Å². The maximum absolute atomic E-state index is 14.5. The molecule has 0 atom stereocenters. The molecule has 2 heterocycles. The van der Waals surface area contributed by atoms with Crippen LogP contribution in [0.4, 0.5) is 4.39 Å². The number of carbonyl (C=O) groups excluding carboxylic acids is 1. The van der Waals surface area contributed by atoms with Gasteiger partial charge in [0.15, 0.2) is 5.78 Å². The van der Waals surface area contributed by atoms with Gasteiger partial charge in [0.2, 0.25) is 0 Å². The van der Waals surface area contributed by atoms with E-state index in [1.807, 2.05) is 13.0 Å². The quantitative estimate of drug-likeness (QED) is 0.479. The summed E-state index contributed by atoms with van der Waals surface area (Å²) in [6, 6.07) is 14.5. The van der Waals surface area contributed by atoms with Crippen LogP contribution in [0.1, 0.15) is 27.3 Å². The largest absolute Gasteiger partial charge is 0.294 e. The molecule has 4 rings (SSSR count).